The molecule has 2 N–H and O–H groups in total. The molecule has 9 nitrogen and oxygen atoms in total. The van der Waals surface area contributed by atoms with Crippen LogP contribution in [0.2, 0.25) is 0 Å². The van der Waals surface area contributed by atoms with Gasteiger partial charge in [0.2, 0.25) is 0 Å². The maximum Gasteiger partial charge on any atom is 0.280 e. The largest absolute Gasteiger partial charge is 0.494 e. The number of hydrazone groups is 1. The zero-order valence-electron chi connectivity index (χ0n) is 14.0. The predicted octanol–water partition coefficient (Wildman–Crippen LogP) is -0.298. The Morgan fingerprint density at radius 3 is 2.64 bits per heavy atom. The molecule has 1 saturated heterocycles. The average molecular weight is 370 g/mol. The van der Waals surface area contributed by atoms with Crippen molar-refractivity contribution in [3.63, 3.8) is 0 Å². The Balaban J connectivity index is 1.76. The minimum Gasteiger partial charge on any atom is -0.494 e. The van der Waals surface area contributed by atoms with E-state index >= 15 is 0 Å². The van der Waals surface area contributed by atoms with E-state index < -0.39 is 16.1 Å². The number of rotatable bonds is 8. The van der Waals surface area contributed by atoms with Gasteiger partial charge in [-0.25, -0.2) is 5.43 Å². The van der Waals surface area contributed by atoms with E-state index in [0.29, 0.717) is 19.8 Å². The van der Waals surface area contributed by atoms with Crippen LogP contribution >= 0.6 is 0 Å². The molecule has 1 aromatic rings. The molecule has 10 heteroatoms. The molecule has 0 unspecified atom stereocenters. The summed E-state index contributed by atoms with van der Waals surface area (Å²) in [4.78, 5) is 11.7. The molecular formula is C15H22N4O5S. The van der Waals surface area contributed by atoms with Crippen molar-refractivity contribution in [3.8, 4) is 5.75 Å². The molecule has 0 saturated carbocycles. The van der Waals surface area contributed by atoms with Crippen molar-refractivity contribution in [2.45, 2.75) is 6.92 Å². The third-order valence-electron chi connectivity index (χ3n) is 3.32. The number of nitrogens with one attached hydrogen (secondary N) is 2. The summed E-state index contributed by atoms with van der Waals surface area (Å²) in [5.74, 6) is 0.195. The molecule has 1 aromatic carbocycles. The molecule has 1 aliphatic rings. The fourth-order valence-electron chi connectivity index (χ4n) is 2.07. The highest BCUT2D eigenvalue weighted by atomic mass is 32.2. The van der Waals surface area contributed by atoms with Gasteiger partial charge in [0.1, 0.15) is 5.75 Å². The number of carbonyl (C=O) groups is 1. The van der Waals surface area contributed by atoms with E-state index in [2.05, 4.69) is 15.2 Å². The molecule has 0 bridgehead atoms. The third kappa shape index (κ3) is 6.42. The van der Waals surface area contributed by atoms with Crippen molar-refractivity contribution in [1.82, 2.24) is 14.5 Å². The lowest BCUT2D eigenvalue weighted by Crippen LogP contribution is -2.48. The lowest BCUT2D eigenvalue weighted by molar-refractivity contribution is -0.119. The highest BCUT2D eigenvalue weighted by molar-refractivity contribution is 7.87. The molecular weight excluding hydrogens is 348 g/mol. The van der Waals surface area contributed by atoms with E-state index in [0.717, 1.165) is 11.3 Å². The molecule has 0 radical (unpaired) electrons. The van der Waals surface area contributed by atoms with Gasteiger partial charge in [0.15, 0.2) is 0 Å². The number of nitrogens with zero attached hydrogens (tertiary/aromatic N) is 2. The number of morpholine rings is 1. The van der Waals surface area contributed by atoms with Gasteiger partial charge >= 0.3 is 0 Å². The highest BCUT2D eigenvalue weighted by Gasteiger charge is 2.24. The van der Waals surface area contributed by atoms with Gasteiger partial charge in [0.25, 0.3) is 16.1 Å². The van der Waals surface area contributed by atoms with Gasteiger partial charge < -0.3 is 9.47 Å². The van der Waals surface area contributed by atoms with Crippen LogP contribution in [0.15, 0.2) is 29.4 Å². The first kappa shape index (κ1) is 19.3. The fourth-order valence-corrected chi connectivity index (χ4v) is 3.20. The predicted molar refractivity (Wildman–Crippen MR) is 92.7 cm³/mol. The van der Waals surface area contributed by atoms with E-state index in [1.54, 1.807) is 24.3 Å². The van der Waals surface area contributed by atoms with Crippen LogP contribution in [0.4, 0.5) is 0 Å². The lowest BCUT2D eigenvalue weighted by atomic mass is 10.2. The van der Waals surface area contributed by atoms with Gasteiger partial charge in [0.05, 0.1) is 32.6 Å². The molecule has 138 valence electrons. The van der Waals surface area contributed by atoms with Crippen molar-refractivity contribution in [1.29, 1.82) is 0 Å². The van der Waals surface area contributed by atoms with Crippen LogP contribution < -0.4 is 14.9 Å². The van der Waals surface area contributed by atoms with Crippen molar-refractivity contribution < 1.29 is 22.7 Å². The van der Waals surface area contributed by atoms with Crippen LogP contribution in [-0.4, -0.2) is 64.3 Å². The second-order valence-corrected chi connectivity index (χ2v) is 6.89. The number of hydrogen-bond acceptors (Lipinski definition) is 6. The van der Waals surface area contributed by atoms with Crippen molar-refractivity contribution in [2.75, 3.05) is 39.5 Å². The second-order valence-electron chi connectivity index (χ2n) is 5.13. The summed E-state index contributed by atoms with van der Waals surface area (Å²) in [6.07, 6.45) is 1.46. The second kappa shape index (κ2) is 9.47. The normalized spacial score (nSPS) is 16.0. The Morgan fingerprint density at radius 1 is 1.32 bits per heavy atom. The summed E-state index contributed by atoms with van der Waals surface area (Å²) in [5.41, 5.74) is 3.05. The highest BCUT2D eigenvalue weighted by Crippen LogP contribution is 2.10. The summed E-state index contributed by atoms with van der Waals surface area (Å²) in [6, 6.07) is 7.18. The number of benzene rings is 1. The van der Waals surface area contributed by atoms with E-state index in [-0.39, 0.29) is 19.6 Å². The lowest BCUT2D eigenvalue weighted by Gasteiger charge is -2.25. The summed E-state index contributed by atoms with van der Waals surface area (Å²) in [7, 11) is -3.69. The summed E-state index contributed by atoms with van der Waals surface area (Å²) < 4.78 is 37.9. The van der Waals surface area contributed by atoms with Crippen LogP contribution in [-0.2, 0) is 19.7 Å². The van der Waals surface area contributed by atoms with Crippen LogP contribution in [0.3, 0.4) is 0 Å². The molecule has 25 heavy (non-hydrogen) atoms. The maximum absolute atomic E-state index is 12.0. The smallest absolute Gasteiger partial charge is 0.280 e. The molecule has 1 heterocycles. The van der Waals surface area contributed by atoms with Crippen molar-refractivity contribution in [2.24, 2.45) is 5.10 Å². The minimum absolute atomic E-state index is 0.271. The summed E-state index contributed by atoms with van der Waals surface area (Å²) in [5, 5.41) is 3.80. The molecule has 0 atom stereocenters. The van der Waals surface area contributed by atoms with Crippen LogP contribution in [0.25, 0.3) is 0 Å². The van der Waals surface area contributed by atoms with Crippen LogP contribution in [0, 0.1) is 0 Å². The Bertz CT molecular complexity index is 684. The van der Waals surface area contributed by atoms with E-state index in [1.807, 2.05) is 6.92 Å². The zero-order valence-corrected chi connectivity index (χ0v) is 14.8. The Labute approximate surface area is 147 Å². The van der Waals surface area contributed by atoms with Crippen LogP contribution in [0.5, 0.6) is 5.75 Å². The molecule has 0 aliphatic carbocycles. The van der Waals surface area contributed by atoms with Gasteiger partial charge in [-0.1, -0.05) is 0 Å². The fraction of sp³-hybridized carbons (Fsp3) is 0.467. The standard InChI is InChI=1S/C15H22N4O5S/c1-2-24-14-5-3-13(4-6-14)11-16-18-15(20)12-17-25(21,22)19-7-9-23-10-8-19/h3-6,11,17H,2,7-10,12H2,1H3,(H,18,20)/b16-11+. The Morgan fingerprint density at radius 2 is 2.00 bits per heavy atom. The first-order chi connectivity index (χ1) is 12.0. The van der Waals surface area contributed by atoms with Gasteiger partial charge in [-0.2, -0.15) is 22.5 Å². The molecule has 1 aliphatic heterocycles. The SMILES string of the molecule is CCOc1ccc(/C=N/NC(=O)CNS(=O)(=O)N2CCOCC2)cc1. The molecule has 0 spiro atoms. The molecule has 0 aromatic heterocycles. The maximum atomic E-state index is 12.0. The number of carbonyl (C=O) groups excluding carboxylic acids is 1. The Hall–Kier alpha value is -2.01. The van der Waals surface area contributed by atoms with Gasteiger partial charge in [0, 0.05) is 13.1 Å². The first-order valence-corrected chi connectivity index (χ1v) is 9.32. The van der Waals surface area contributed by atoms with E-state index in [4.69, 9.17) is 9.47 Å². The monoisotopic (exact) mass is 370 g/mol. The first-order valence-electron chi connectivity index (χ1n) is 7.88. The van der Waals surface area contributed by atoms with Gasteiger partial charge in [-0.05, 0) is 36.8 Å². The summed E-state index contributed by atoms with van der Waals surface area (Å²) >= 11 is 0. The quantitative estimate of drug-likeness (QED) is 0.482. The Kier molecular flexibility index (Phi) is 7.31. The third-order valence-corrected chi connectivity index (χ3v) is 4.87. The number of ether oxygens (including phenoxy) is 2. The minimum atomic E-state index is -3.69. The van der Waals surface area contributed by atoms with Gasteiger partial charge in [-0.3, -0.25) is 4.79 Å². The van der Waals surface area contributed by atoms with E-state index in [9.17, 15) is 13.2 Å². The van der Waals surface area contributed by atoms with Crippen molar-refractivity contribution in [3.05, 3.63) is 29.8 Å². The molecule has 1 fully saturated rings. The average Bonchev–Trinajstić information content (AvgIpc) is 2.63. The van der Waals surface area contributed by atoms with Crippen molar-refractivity contribution >= 4 is 22.3 Å². The number of amides is 1. The summed E-state index contributed by atoms with van der Waals surface area (Å²) in [6.45, 7) is 3.33. The van der Waals surface area contributed by atoms with E-state index in [1.165, 1.54) is 10.5 Å². The van der Waals surface area contributed by atoms with Gasteiger partial charge in [-0.15, -0.1) is 0 Å². The zero-order chi connectivity index (χ0) is 18.1. The molecule has 2 rings (SSSR count). The topological polar surface area (TPSA) is 109 Å². The molecule has 1 amide bonds. The number of hydrogen-bond donors (Lipinski definition) is 2. The van der Waals surface area contributed by atoms with Crippen LogP contribution in [0.1, 0.15) is 12.5 Å².